The number of nitrogens with zero attached hydrogens (tertiary/aromatic N) is 2. The molecular formula is C17H18FN3. The van der Waals surface area contributed by atoms with E-state index in [1.54, 1.807) is 6.07 Å². The van der Waals surface area contributed by atoms with Gasteiger partial charge in [-0.15, -0.1) is 0 Å². The zero-order valence-electron chi connectivity index (χ0n) is 12.0. The monoisotopic (exact) mass is 283 g/mol. The zero-order chi connectivity index (χ0) is 14.8. The number of hydrogen-bond donors (Lipinski definition) is 1. The van der Waals surface area contributed by atoms with Crippen LogP contribution in [0.25, 0.3) is 11.0 Å². The van der Waals surface area contributed by atoms with Crippen molar-refractivity contribution in [3.05, 3.63) is 65.7 Å². The molecule has 0 saturated heterocycles. The first kappa shape index (κ1) is 13.8. The highest BCUT2D eigenvalue weighted by Gasteiger charge is 2.15. The Morgan fingerprint density at radius 2 is 1.95 bits per heavy atom. The van der Waals surface area contributed by atoms with Gasteiger partial charge in [-0.25, -0.2) is 9.37 Å². The molecule has 0 bridgehead atoms. The molecule has 0 fully saturated rings. The van der Waals surface area contributed by atoms with E-state index in [1.165, 1.54) is 17.7 Å². The summed E-state index contributed by atoms with van der Waals surface area (Å²) >= 11 is 0. The molecule has 2 N–H and O–H groups in total. The minimum absolute atomic E-state index is 0.161. The molecule has 1 unspecified atom stereocenters. The van der Waals surface area contributed by atoms with Gasteiger partial charge in [0.05, 0.1) is 17.1 Å². The highest BCUT2D eigenvalue weighted by molar-refractivity contribution is 5.76. The van der Waals surface area contributed by atoms with Crippen LogP contribution in [0.4, 0.5) is 4.39 Å². The lowest BCUT2D eigenvalue weighted by Crippen LogP contribution is -2.16. The lowest BCUT2D eigenvalue weighted by molar-refractivity contribution is 0.592. The third-order valence-corrected chi connectivity index (χ3v) is 3.80. The Kier molecular flexibility index (Phi) is 3.71. The van der Waals surface area contributed by atoms with Gasteiger partial charge in [-0.05, 0) is 36.6 Å². The van der Waals surface area contributed by atoms with Crippen molar-refractivity contribution in [2.24, 2.45) is 12.8 Å². The van der Waals surface area contributed by atoms with Crippen LogP contribution in [0.15, 0.2) is 48.5 Å². The molecule has 3 aromatic rings. The molecular weight excluding hydrogens is 265 g/mol. The minimum Gasteiger partial charge on any atom is -0.330 e. The summed E-state index contributed by atoms with van der Waals surface area (Å²) in [6, 6.07) is 14.7. The molecule has 0 saturated carbocycles. The van der Waals surface area contributed by atoms with Crippen LogP contribution < -0.4 is 5.73 Å². The fraction of sp³-hybridized carbons (Fsp3) is 0.235. The Balaban J connectivity index is 1.81. The second kappa shape index (κ2) is 5.66. The topological polar surface area (TPSA) is 43.8 Å². The summed E-state index contributed by atoms with van der Waals surface area (Å²) < 4.78 is 15.2. The van der Waals surface area contributed by atoms with Crippen molar-refractivity contribution < 1.29 is 4.39 Å². The smallest absolute Gasteiger partial charge is 0.126 e. The number of imidazole rings is 1. The van der Waals surface area contributed by atoms with Crippen LogP contribution >= 0.6 is 0 Å². The maximum atomic E-state index is 13.3. The van der Waals surface area contributed by atoms with Gasteiger partial charge in [0.2, 0.25) is 0 Å². The van der Waals surface area contributed by atoms with Gasteiger partial charge in [-0.2, -0.15) is 0 Å². The van der Waals surface area contributed by atoms with Gasteiger partial charge in [-0.1, -0.05) is 30.3 Å². The van der Waals surface area contributed by atoms with E-state index >= 15 is 0 Å². The molecule has 1 heterocycles. The number of nitrogens with two attached hydrogens (primary N) is 1. The van der Waals surface area contributed by atoms with Crippen LogP contribution in [-0.4, -0.2) is 9.55 Å². The Morgan fingerprint density at radius 1 is 1.19 bits per heavy atom. The van der Waals surface area contributed by atoms with Gasteiger partial charge in [0.15, 0.2) is 0 Å². The van der Waals surface area contributed by atoms with E-state index in [1.807, 2.05) is 29.8 Å². The summed E-state index contributed by atoms with van der Waals surface area (Å²) in [4.78, 5) is 4.54. The number of rotatable bonds is 4. The maximum absolute atomic E-state index is 13.3. The molecule has 21 heavy (non-hydrogen) atoms. The van der Waals surface area contributed by atoms with E-state index in [0.717, 1.165) is 29.7 Å². The molecule has 0 amide bonds. The minimum atomic E-state index is -0.255. The molecule has 1 atom stereocenters. The number of halogens is 1. The van der Waals surface area contributed by atoms with Gasteiger partial charge < -0.3 is 10.3 Å². The standard InChI is InChI=1S/C17H18FN3/c1-21-16-11-13(18)8-10-15(16)20-17(21)14(19)9-7-12-5-3-2-4-6-12/h2-6,8,10-11,14H,7,9,19H2,1H3. The summed E-state index contributed by atoms with van der Waals surface area (Å²) in [6.07, 6.45) is 1.71. The molecule has 3 rings (SSSR count). The lowest BCUT2D eigenvalue weighted by atomic mass is 10.1. The average Bonchev–Trinajstić information content (AvgIpc) is 2.83. The van der Waals surface area contributed by atoms with Gasteiger partial charge in [0.1, 0.15) is 11.6 Å². The quantitative estimate of drug-likeness (QED) is 0.798. The van der Waals surface area contributed by atoms with Gasteiger partial charge >= 0.3 is 0 Å². The number of hydrogen-bond acceptors (Lipinski definition) is 2. The van der Waals surface area contributed by atoms with Crippen molar-refractivity contribution in [1.82, 2.24) is 9.55 Å². The summed E-state index contributed by atoms with van der Waals surface area (Å²) in [6.45, 7) is 0. The number of fused-ring (bicyclic) bond motifs is 1. The molecule has 0 aliphatic carbocycles. The maximum Gasteiger partial charge on any atom is 0.126 e. The normalized spacial score (nSPS) is 12.7. The third kappa shape index (κ3) is 2.81. The second-order valence-electron chi connectivity index (χ2n) is 5.29. The zero-order valence-corrected chi connectivity index (χ0v) is 12.0. The average molecular weight is 283 g/mol. The van der Waals surface area contributed by atoms with Gasteiger partial charge in [-0.3, -0.25) is 0 Å². The van der Waals surface area contributed by atoms with E-state index in [-0.39, 0.29) is 11.9 Å². The summed E-state index contributed by atoms with van der Waals surface area (Å²) in [5, 5.41) is 0. The summed E-state index contributed by atoms with van der Waals surface area (Å²) in [5.74, 6) is 0.543. The fourth-order valence-electron chi connectivity index (χ4n) is 2.61. The molecule has 4 heteroatoms. The molecule has 3 nitrogen and oxygen atoms in total. The molecule has 0 radical (unpaired) electrons. The van der Waals surface area contributed by atoms with E-state index in [2.05, 4.69) is 17.1 Å². The highest BCUT2D eigenvalue weighted by atomic mass is 19.1. The number of benzene rings is 2. The van der Waals surface area contributed by atoms with Crippen molar-refractivity contribution in [2.45, 2.75) is 18.9 Å². The molecule has 0 spiro atoms. The first-order chi connectivity index (χ1) is 10.1. The van der Waals surface area contributed by atoms with Crippen molar-refractivity contribution in [3.63, 3.8) is 0 Å². The van der Waals surface area contributed by atoms with Crippen molar-refractivity contribution in [2.75, 3.05) is 0 Å². The molecule has 0 aliphatic rings. The van der Waals surface area contributed by atoms with Crippen LogP contribution in [0.5, 0.6) is 0 Å². The van der Waals surface area contributed by atoms with Crippen molar-refractivity contribution in [1.29, 1.82) is 0 Å². The Bertz CT molecular complexity index is 749. The Labute approximate surface area is 123 Å². The highest BCUT2D eigenvalue weighted by Crippen LogP contribution is 2.22. The van der Waals surface area contributed by atoms with Crippen LogP contribution in [0.3, 0.4) is 0 Å². The van der Waals surface area contributed by atoms with Crippen LogP contribution in [0.1, 0.15) is 23.9 Å². The van der Waals surface area contributed by atoms with Gasteiger partial charge in [0.25, 0.3) is 0 Å². The summed E-state index contributed by atoms with van der Waals surface area (Å²) in [5.41, 5.74) is 9.09. The van der Waals surface area contributed by atoms with E-state index in [0.29, 0.717) is 0 Å². The Hall–Kier alpha value is -2.20. The number of aryl methyl sites for hydroxylation is 2. The molecule has 2 aromatic carbocycles. The molecule has 1 aromatic heterocycles. The fourth-order valence-corrected chi connectivity index (χ4v) is 2.61. The van der Waals surface area contributed by atoms with Crippen LogP contribution in [0, 0.1) is 5.82 Å². The predicted molar refractivity (Wildman–Crippen MR) is 82.4 cm³/mol. The first-order valence-electron chi connectivity index (χ1n) is 7.06. The van der Waals surface area contributed by atoms with E-state index in [4.69, 9.17) is 5.73 Å². The van der Waals surface area contributed by atoms with Crippen molar-refractivity contribution >= 4 is 11.0 Å². The van der Waals surface area contributed by atoms with Crippen LogP contribution in [-0.2, 0) is 13.5 Å². The molecule has 0 aliphatic heterocycles. The molecule has 108 valence electrons. The summed E-state index contributed by atoms with van der Waals surface area (Å²) in [7, 11) is 1.88. The lowest BCUT2D eigenvalue weighted by Gasteiger charge is -2.11. The first-order valence-corrected chi connectivity index (χ1v) is 7.06. The second-order valence-corrected chi connectivity index (χ2v) is 5.29. The van der Waals surface area contributed by atoms with Crippen LogP contribution in [0.2, 0.25) is 0 Å². The van der Waals surface area contributed by atoms with E-state index < -0.39 is 0 Å². The third-order valence-electron chi connectivity index (χ3n) is 3.80. The largest absolute Gasteiger partial charge is 0.330 e. The van der Waals surface area contributed by atoms with Gasteiger partial charge in [0, 0.05) is 7.05 Å². The Morgan fingerprint density at radius 3 is 2.71 bits per heavy atom. The SMILES string of the molecule is Cn1c(C(N)CCc2ccccc2)nc2ccc(F)cc21. The van der Waals surface area contributed by atoms with E-state index in [9.17, 15) is 4.39 Å². The predicted octanol–water partition coefficient (Wildman–Crippen LogP) is 3.35. The van der Waals surface area contributed by atoms with Crippen molar-refractivity contribution in [3.8, 4) is 0 Å². The number of aromatic nitrogens is 2.